The molecule has 0 bridgehead atoms. The van der Waals surface area contributed by atoms with Gasteiger partial charge in [-0.2, -0.15) is 0 Å². The van der Waals surface area contributed by atoms with E-state index in [1.807, 2.05) is 30.3 Å². The van der Waals surface area contributed by atoms with Crippen LogP contribution in [0.4, 0.5) is 5.82 Å². The minimum absolute atomic E-state index is 0.0765. The summed E-state index contributed by atoms with van der Waals surface area (Å²) in [5.41, 5.74) is 2.21. The first-order valence-corrected chi connectivity index (χ1v) is 10.8. The lowest BCUT2D eigenvalue weighted by Crippen LogP contribution is -2.36. The maximum Gasteiger partial charge on any atom is 0.242 e. The summed E-state index contributed by atoms with van der Waals surface area (Å²) in [6.07, 6.45) is 1.38. The van der Waals surface area contributed by atoms with E-state index < -0.39 is 10.0 Å². The summed E-state index contributed by atoms with van der Waals surface area (Å²) < 4.78 is 38.7. The van der Waals surface area contributed by atoms with Gasteiger partial charge in [-0.25, -0.2) is 18.1 Å². The number of aromatic nitrogens is 2. The molecule has 1 aliphatic heterocycles. The van der Waals surface area contributed by atoms with Crippen molar-refractivity contribution in [3.8, 4) is 11.3 Å². The fourth-order valence-corrected chi connectivity index (χ4v) is 4.12. The molecule has 8 nitrogen and oxygen atoms in total. The lowest BCUT2D eigenvalue weighted by molar-refractivity contribution is 0.122. The normalized spacial score (nSPS) is 14.9. The van der Waals surface area contributed by atoms with Gasteiger partial charge in [0, 0.05) is 37.0 Å². The summed E-state index contributed by atoms with van der Waals surface area (Å²) in [7, 11) is -3.72. The number of hydrogen-bond donors (Lipinski definition) is 1. The third kappa shape index (κ3) is 4.31. The molecule has 3 heterocycles. The van der Waals surface area contributed by atoms with Gasteiger partial charge in [0.15, 0.2) is 0 Å². The van der Waals surface area contributed by atoms with Gasteiger partial charge in [-0.1, -0.05) is 35.5 Å². The quantitative estimate of drug-likeness (QED) is 0.661. The van der Waals surface area contributed by atoms with Crippen LogP contribution < -0.4 is 9.62 Å². The largest absolute Gasteiger partial charge is 0.378 e. The van der Waals surface area contributed by atoms with Crippen molar-refractivity contribution in [2.45, 2.75) is 18.4 Å². The van der Waals surface area contributed by atoms with Crippen molar-refractivity contribution in [2.24, 2.45) is 0 Å². The SMILES string of the molecule is Cc1onc(-c2ccccc2)c1CNS(=O)(=O)c1ccc(N2CCOCC2)nc1. The highest BCUT2D eigenvalue weighted by molar-refractivity contribution is 7.89. The topological polar surface area (TPSA) is 97.6 Å². The average Bonchev–Trinajstić information content (AvgIpc) is 3.14. The number of aryl methyl sites for hydroxylation is 1. The Hall–Kier alpha value is -2.75. The molecule has 0 spiro atoms. The second kappa shape index (κ2) is 8.32. The Morgan fingerprint density at radius 2 is 1.86 bits per heavy atom. The average molecular weight is 414 g/mol. The fourth-order valence-electron chi connectivity index (χ4n) is 3.18. The molecule has 3 aromatic rings. The lowest BCUT2D eigenvalue weighted by Gasteiger charge is -2.27. The van der Waals surface area contributed by atoms with Crippen molar-refractivity contribution in [1.82, 2.24) is 14.9 Å². The van der Waals surface area contributed by atoms with Crippen molar-refractivity contribution >= 4 is 15.8 Å². The molecule has 1 saturated heterocycles. The zero-order chi connectivity index (χ0) is 20.3. The van der Waals surface area contributed by atoms with Crippen molar-refractivity contribution in [2.75, 3.05) is 31.2 Å². The van der Waals surface area contributed by atoms with E-state index in [9.17, 15) is 8.42 Å². The van der Waals surface area contributed by atoms with Gasteiger partial charge in [-0.3, -0.25) is 0 Å². The smallest absolute Gasteiger partial charge is 0.242 e. The molecule has 4 rings (SSSR count). The fraction of sp³-hybridized carbons (Fsp3) is 0.300. The maximum absolute atomic E-state index is 12.7. The molecule has 0 aliphatic carbocycles. The van der Waals surface area contributed by atoms with Gasteiger partial charge in [-0.15, -0.1) is 0 Å². The van der Waals surface area contributed by atoms with Crippen LogP contribution in [0.1, 0.15) is 11.3 Å². The third-order valence-electron chi connectivity index (χ3n) is 4.84. The third-order valence-corrected chi connectivity index (χ3v) is 6.22. The Labute approximate surface area is 169 Å². The van der Waals surface area contributed by atoms with Crippen LogP contribution in [0.2, 0.25) is 0 Å². The monoisotopic (exact) mass is 414 g/mol. The molecule has 1 aromatic carbocycles. The molecule has 1 N–H and O–H groups in total. The Kier molecular flexibility index (Phi) is 5.61. The van der Waals surface area contributed by atoms with Gasteiger partial charge in [0.05, 0.1) is 13.2 Å². The Bertz CT molecular complexity index is 1060. The molecule has 0 unspecified atom stereocenters. The number of rotatable bonds is 6. The zero-order valence-electron chi connectivity index (χ0n) is 16.0. The van der Waals surface area contributed by atoms with Crippen LogP contribution in [0.3, 0.4) is 0 Å². The number of nitrogens with one attached hydrogen (secondary N) is 1. The number of benzene rings is 1. The maximum atomic E-state index is 12.7. The Morgan fingerprint density at radius 1 is 1.10 bits per heavy atom. The van der Waals surface area contributed by atoms with Crippen LogP contribution in [-0.2, 0) is 21.3 Å². The predicted octanol–water partition coefficient (Wildman–Crippen LogP) is 2.36. The van der Waals surface area contributed by atoms with Crippen LogP contribution in [0.15, 0.2) is 58.1 Å². The van der Waals surface area contributed by atoms with E-state index in [4.69, 9.17) is 9.26 Å². The number of anilines is 1. The number of sulfonamides is 1. The molecule has 0 atom stereocenters. The highest BCUT2D eigenvalue weighted by atomic mass is 32.2. The molecule has 152 valence electrons. The number of pyridine rings is 1. The van der Waals surface area contributed by atoms with E-state index in [1.165, 1.54) is 6.20 Å². The van der Waals surface area contributed by atoms with Gasteiger partial charge in [0.1, 0.15) is 22.2 Å². The summed E-state index contributed by atoms with van der Waals surface area (Å²) in [6.45, 7) is 4.61. The molecule has 0 saturated carbocycles. The van der Waals surface area contributed by atoms with Crippen LogP contribution in [-0.4, -0.2) is 44.9 Å². The molecule has 29 heavy (non-hydrogen) atoms. The number of morpholine rings is 1. The van der Waals surface area contributed by atoms with E-state index in [0.717, 1.165) is 24.5 Å². The summed E-state index contributed by atoms with van der Waals surface area (Å²) in [5, 5.41) is 4.08. The standard InChI is InChI=1S/C20H22N4O4S/c1-15-18(20(23-28-15)16-5-3-2-4-6-16)14-22-29(25,26)17-7-8-19(21-13-17)24-9-11-27-12-10-24/h2-8,13,22H,9-12,14H2,1H3. The van der Waals surface area contributed by atoms with Gasteiger partial charge in [0.25, 0.3) is 0 Å². The van der Waals surface area contributed by atoms with Gasteiger partial charge < -0.3 is 14.2 Å². The zero-order valence-corrected chi connectivity index (χ0v) is 16.9. The minimum Gasteiger partial charge on any atom is -0.378 e. The van der Waals surface area contributed by atoms with E-state index >= 15 is 0 Å². The van der Waals surface area contributed by atoms with Crippen molar-refractivity contribution in [3.05, 3.63) is 60.0 Å². The van der Waals surface area contributed by atoms with Crippen LogP contribution in [0.25, 0.3) is 11.3 Å². The molecule has 0 radical (unpaired) electrons. The van der Waals surface area contributed by atoms with Crippen LogP contribution >= 0.6 is 0 Å². The number of nitrogens with zero attached hydrogens (tertiary/aromatic N) is 3. The first-order valence-electron chi connectivity index (χ1n) is 9.33. The first-order chi connectivity index (χ1) is 14.0. The van der Waals surface area contributed by atoms with Crippen molar-refractivity contribution in [3.63, 3.8) is 0 Å². The highest BCUT2D eigenvalue weighted by Crippen LogP contribution is 2.25. The summed E-state index contributed by atoms with van der Waals surface area (Å²) in [5.74, 6) is 1.32. The molecule has 0 amide bonds. The molecule has 2 aromatic heterocycles. The van der Waals surface area contributed by atoms with Crippen LogP contribution in [0.5, 0.6) is 0 Å². The lowest BCUT2D eigenvalue weighted by atomic mass is 10.1. The number of ether oxygens (including phenoxy) is 1. The second-order valence-corrected chi connectivity index (χ2v) is 8.47. The first kappa shape index (κ1) is 19.6. The number of hydrogen-bond acceptors (Lipinski definition) is 7. The van der Waals surface area contributed by atoms with Crippen molar-refractivity contribution in [1.29, 1.82) is 0 Å². The van der Waals surface area contributed by atoms with Gasteiger partial charge in [0.2, 0.25) is 10.0 Å². The summed E-state index contributed by atoms with van der Waals surface area (Å²) >= 11 is 0. The molecule has 9 heteroatoms. The Balaban J connectivity index is 1.49. The van der Waals surface area contributed by atoms with E-state index in [2.05, 4.69) is 19.8 Å². The molecular weight excluding hydrogens is 392 g/mol. The van der Waals surface area contributed by atoms with Gasteiger partial charge >= 0.3 is 0 Å². The van der Waals surface area contributed by atoms with E-state index in [1.54, 1.807) is 19.1 Å². The summed E-state index contributed by atoms with van der Waals surface area (Å²) in [4.78, 5) is 6.50. The predicted molar refractivity (Wildman–Crippen MR) is 108 cm³/mol. The Morgan fingerprint density at radius 3 is 2.55 bits per heavy atom. The second-order valence-electron chi connectivity index (χ2n) is 6.71. The minimum atomic E-state index is -3.72. The molecule has 1 fully saturated rings. The molecule has 1 aliphatic rings. The van der Waals surface area contributed by atoms with Gasteiger partial charge in [-0.05, 0) is 19.1 Å². The van der Waals surface area contributed by atoms with Crippen molar-refractivity contribution < 1.29 is 17.7 Å². The highest BCUT2D eigenvalue weighted by Gasteiger charge is 2.20. The van der Waals surface area contributed by atoms with E-state index in [0.29, 0.717) is 30.2 Å². The molecular formula is C20H22N4O4S. The summed E-state index contributed by atoms with van der Waals surface area (Å²) in [6, 6.07) is 12.8. The van der Waals surface area contributed by atoms with E-state index in [-0.39, 0.29) is 11.4 Å². The van der Waals surface area contributed by atoms with Crippen LogP contribution in [0, 0.1) is 6.92 Å².